The number of hydrogen-bond acceptors (Lipinski definition) is 6. The summed E-state index contributed by atoms with van der Waals surface area (Å²) >= 11 is 16.6. The average molecular weight is 402 g/mol. The zero-order chi connectivity index (χ0) is 15.5. The van der Waals surface area contributed by atoms with Gasteiger partial charge in [-0.2, -0.15) is 0 Å². The van der Waals surface area contributed by atoms with Crippen molar-refractivity contribution in [3.05, 3.63) is 0 Å². The maximum Gasteiger partial charge on any atom is 0.265 e. The van der Waals surface area contributed by atoms with E-state index in [0.29, 0.717) is 0 Å². The van der Waals surface area contributed by atoms with E-state index in [4.69, 9.17) is 58.7 Å². The molecule has 1 aliphatic heterocycles. The molecule has 0 bridgehead atoms. The number of ether oxygens (including phenoxy) is 2. The smallest absolute Gasteiger partial charge is 0.265 e. The summed E-state index contributed by atoms with van der Waals surface area (Å²) in [6.07, 6.45) is -2.78. The minimum atomic E-state index is -2.02. The molecule has 7 atom stereocenters. The Balaban J connectivity index is 2.91. The summed E-state index contributed by atoms with van der Waals surface area (Å²) < 4.78 is 30.4. The van der Waals surface area contributed by atoms with Crippen LogP contribution in [0.4, 0.5) is 0 Å². The summed E-state index contributed by atoms with van der Waals surface area (Å²) in [6, 6.07) is 0. The van der Waals surface area contributed by atoms with Crippen molar-refractivity contribution in [2.75, 3.05) is 0 Å². The fourth-order valence-electron chi connectivity index (χ4n) is 1.73. The quantitative estimate of drug-likeness (QED) is 0.338. The van der Waals surface area contributed by atoms with Gasteiger partial charge in [-0.3, -0.25) is 9.97 Å². The Labute approximate surface area is 137 Å². The predicted octanol–water partition coefficient (Wildman–Crippen LogP) is 3.11. The number of halogens is 3. The van der Waals surface area contributed by atoms with Crippen molar-refractivity contribution in [2.45, 2.75) is 41.0 Å². The molecule has 1 rings (SSSR count). The van der Waals surface area contributed by atoms with Crippen LogP contribution in [0.25, 0.3) is 0 Å². The van der Waals surface area contributed by atoms with Crippen LogP contribution in [0.5, 0.6) is 0 Å². The second kappa shape index (κ2) is 8.15. The standard InChI is InChI=1S/C8H13Cl3NO5P3/c1-2-3(16-18)5(20-13)4(17-19)6(14-2)15-7(12)8(9,10)11/h2-6,12H,18-19H2,1H3. The van der Waals surface area contributed by atoms with E-state index in [1.807, 2.05) is 9.47 Å². The molecule has 0 spiro atoms. The molecule has 0 aromatic heterocycles. The summed E-state index contributed by atoms with van der Waals surface area (Å²) in [6.45, 7) is 1.71. The lowest BCUT2D eigenvalue weighted by molar-refractivity contribution is -0.217. The molecule has 116 valence electrons. The molecular weight excluding hydrogens is 389 g/mol. The molecule has 20 heavy (non-hydrogen) atoms. The Bertz CT molecular complexity index is 372. The highest BCUT2D eigenvalue weighted by atomic mass is 35.6. The first-order chi connectivity index (χ1) is 9.26. The first-order valence-electron chi connectivity index (χ1n) is 5.27. The third-order valence-corrected chi connectivity index (χ3v) is 4.65. The monoisotopic (exact) mass is 401 g/mol. The molecular formula is C8H13Cl3NO5P3. The summed E-state index contributed by atoms with van der Waals surface area (Å²) in [5.74, 6) is -0.613. The number of rotatable bonds is 4. The van der Waals surface area contributed by atoms with Crippen LogP contribution >= 0.6 is 62.2 Å². The van der Waals surface area contributed by atoms with Crippen LogP contribution in [-0.4, -0.2) is 40.0 Å². The Morgan fingerprint density at radius 3 is 2.25 bits per heavy atom. The van der Waals surface area contributed by atoms with Crippen molar-refractivity contribution in [3.8, 4) is 0 Å². The highest BCUT2D eigenvalue weighted by molar-refractivity contribution is 7.25. The molecule has 1 saturated heterocycles. The maximum absolute atomic E-state index is 11.3. The summed E-state index contributed by atoms with van der Waals surface area (Å²) in [4.78, 5) is 0. The molecule has 0 aliphatic carbocycles. The highest BCUT2D eigenvalue weighted by Crippen LogP contribution is 2.37. The van der Waals surface area contributed by atoms with Crippen LogP contribution in [0.3, 0.4) is 0 Å². The summed E-state index contributed by atoms with van der Waals surface area (Å²) in [7, 11) is 3.91. The van der Waals surface area contributed by atoms with Gasteiger partial charge in [-0.05, 0) is 6.92 Å². The van der Waals surface area contributed by atoms with Crippen LogP contribution < -0.4 is 0 Å². The average Bonchev–Trinajstić information content (AvgIpc) is 2.36. The fourth-order valence-corrected chi connectivity index (χ4v) is 3.58. The minimum absolute atomic E-state index is 0.211. The van der Waals surface area contributed by atoms with Crippen LogP contribution in [0.15, 0.2) is 0 Å². The van der Waals surface area contributed by atoms with E-state index in [2.05, 4.69) is 9.47 Å². The van der Waals surface area contributed by atoms with Gasteiger partial charge in [0.05, 0.1) is 6.10 Å². The normalized spacial score (nSPS) is 35.0. The molecule has 0 amide bonds. The molecule has 0 aromatic rings. The van der Waals surface area contributed by atoms with Gasteiger partial charge in [0.1, 0.15) is 17.9 Å². The lowest BCUT2D eigenvalue weighted by Gasteiger charge is -2.41. The molecule has 0 saturated carbocycles. The molecule has 1 heterocycles. The van der Waals surface area contributed by atoms with Gasteiger partial charge >= 0.3 is 0 Å². The van der Waals surface area contributed by atoms with E-state index >= 15 is 0 Å². The Morgan fingerprint density at radius 2 is 1.85 bits per heavy atom. The second-order valence-corrected chi connectivity index (χ2v) is 7.58. The molecule has 7 unspecified atom stereocenters. The largest absolute Gasteiger partial charge is 0.445 e. The van der Waals surface area contributed by atoms with Crippen molar-refractivity contribution in [3.63, 3.8) is 0 Å². The van der Waals surface area contributed by atoms with E-state index in [-0.39, 0.29) is 8.46 Å². The van der Waals surface area contributed by atoms with Crippen LogP contribution in [0.1, 0.15) is 6.92 Å². The van der Waals surface area contributed by atoms with Gasteiger partial charge in [0.25, 0.3) is 3.79 Å². The lowest BCUT2D eigenvalue weighted by atomic mass is 10.0. The molecule has 1 fully saturated rings. The first-order valence-corrected chi connectivity index (χ1v) is 8.23. The van der Waals surface area contributed by atoms with E-state index in [1.165, 1.54) is 0 Å². The van der Waals surface area contributed by atoms with E-state index < -0.39 is 40.0 Å². The van der Waals surface area contributed by atoms with Crippen molar-refractivity contribution >= 4 is 68.1 Å². The summed E-state index contributed by atoms with van der Waals surface area (Å²) in [5.41, 5.74) is -0.568. The van der Waals surface area contributed by atoms with E-state index in [0.717, 1.165) is 0 Å². The SMILES string of the molecule is CC1OC(OC(=N)C(Cl)(Cl)Cl)C(OP)C(P=O)C1OP. The van der Waals surface area contributed by atoms with Crippen molar-refractivity contribution in [2.24, 2.45) is 0 Å². The first kappa shape index (κ1) is 19.2. The molecule has 0 radical (unpaired) electrons. The van der Waals surface area contributed by atoms with Gasteiger partial charge in [0.2, 0.25) is 12.2 Å². The molecule has 12 heteroatoms. The van der Waals surface area contributed by atoms with Gasteiger partial charge in [-0.1, -0.05) is 34.8 Å². The van der Waals surface area contributed by atoms with Crippen molar-refractivity contribution in [1.82, 2.24) is 0 Å². The van der Waals surface area contributed by atoms with Gasteiger partial charge in [0, 0.05) is 18.9 Å². The van der Waals surface area contributed by atoms with Crippen LogP contribution in [0.2, 0.25) is 0 Å². The van der Waals surface area contributed by atoms with E-state index in [9.17, 15) is 4.57 Å². The Kier molecular flexibility index (Phi) is 7.84. The molecule has 1 aliphatic rings. The van der Waals surface area contributed by atoms with Gasteiger partial charge < -0.3 is 18.5 Å². The molecule has 1 N–H and O–H groups in total. The molecule has 6 nitrogen and oxygen atoms in total. The predicted molar refractivity (Wildman–Crippen MR) is 84.0 cm³/mol. The number of nitrogens with one attached hydrogen (secondary N) is 1. The zero-order valence-electron chi connectivity index (χ0n) is 10.2. The van der Waals surface area contributed by atoms with Gasteiger partial charge in [-0.15, -0.1) is 0 Å². The molecule has 0 aromatic carbocycles. The third-order valence-electron chi connectivity index (χ3n) is 2.68. The van der Waals surface area contributed by atoms with Gasteiger partial charge in [-0.25, -0.2) is 0 Å². The van der Waals surface area contributed by atoms with E-state index in [1.54, 1.807) is 6.92 Å². The zero-order valence-corrected chi connectivity index (χ0v) is 15.6. The number of alkyl halides is 3. The maximum atomic E-state index is 11.3. The fraction of sp³-hybridized carbons (Fsp3) is 0.875. The summed E-state index contributed by atoms with van der Waals surface area (Å²) in [5, 5.41) is 7.55. The van der Waals surface area contributed by atoms with Crippen molar-refractivity contribution < 1.29 is 23.1 Å². The topological polar surface area (TPSA) is 77.8 Å². The lowest BCUT2D eigenvalue weighted by Crippen LogP contribution is -2.56. The van der Waals surface area contributed by atoms with Crippen LogP contribution in [0, 0.1) is 5.41 Å². The van der Waals surface area contributed by atoms with Crippen LogP contribution in [-0.2, 0) is 23.1 Å². The Morgan fingerprint density at radius 1 is 1.30 bits per heavy atom. The minimum Gasteiger partial charge on any atom is -0.445 e. The second-order valence-electron chi connectivity index (χ2n) is 3.95. The third kappa shape index (κ3) is 4.59. The highest BCUT2D eigenvalue weighted by Gasteiger charge is 2.48. The van der Waals surface area contributed by atoms with Gasteiger partial charge in [0.15, 0.2) is 8.46 Å². The Hall–Kier alpha value is 1.18. The van der Waals surface area contributed by atoms with Crippen molar-refractivity contribution in [1.29, 1.82) is 5.41 Å². The number of hydrogen-bond donors (Lipinski definition) is 1.